The number of H-pyrrole nitrogens is 1. The number of aromatic amines is 1. The van der Waals surface area contributed by atoms with Crippen molar-refractivity contribution >= 4 is 50.3 Å². The molecule has 12 heteroatoms. The summed E-state index contributed by atoms with van der Waals surface area (Å²) in [5.74, 6) is -0.0638. The summed E-state index contributed by atoms with van der Waals surface area (Å²) in [6.45, 7) is -0.455. The lowest BCUT2D eigenvalue weighted by molar-refractivity contribution is -0.139. The topological polar surface area (TPSA) is 135 Å². The molecule has 1 saturated carbocycles. The first-order valence-electron chi connectivity index (χ1n) is 9.32. The van der Waals surface area contributed by atoms with Crippen LogP contribution < -0.4 is 10.1 Å². The number of hydrogen-bond acceptors (Lipinski definition) is 7. The summed E-state index contributed by atoms with van der Waals surface area (Å²) in [4.78, 5) is 31.3. The second-order valence-corrected chi connectivity index (χ2v) is 8.39. The molecule has 10 nitrogen and oxygen atoms in total. The van der Waals surface area contributed by atoms with Gasteiger partial charge in [0.1, 0.15) is 16.8 Å². The van der Waals surface area contributed by atoms with E-state index in [4.69, 9.17) is 21.4 Å². The Balaban J connectivity index is 1.46. The number of thiazole rings is 1. The van der Waals surface area contributed by atoms with Gasteiger partial charge in [-0.1, -0.05) is 22.9 Å². The Labute approximate surface area is 183 Å². The first kappa shape index (κ1) is 19.5. The standard InChI is InChI=1S/C19H15ClN6O4S/c20-12-5-10(30-7-14(27)28)3-4-11(12)13-6-21-8-26(13)17-15-16(24-25-17)22-19(31-15)23-18(29)9-1-2-9/h3-6,8-9H,1-2,7H2,(H,27,28)(H2,22,23,24,25,29). The van der Waals surface area contributed by atoms with E-state index in [0.717, 1.165) is 17.5 Å². The molecule has 1 aromatic carbocycles. The van der Waals surface area contributed by atoms with Crippen molar-refractivity contribution in [3.63, 3.8) is 0 Å². The van der Waals surface area contributed by atoms with Gasteiger partial charge < -0.3 is 15.2 Å². The number of amides is 1. The number of imidazole rings is 1. The highest BCUT2D eigenvalue weighted by Crippen LogP contribution is 2.36. The van der Waals surface area contributed by atoms with E-state index >= 15 is 0 Å². The fourth-order valence-corrected chi connectivity index (χ4v) is 4.25. The molecule has 3 aromatic heterocycles. The number of carboxylic acids is 1. The van der Waals surface area contributed by atoms with Gasteiger partial charge in [0.15, 0.2) is 23.2 Å². The number of anilines is 1. The number of halogens is 1. The average Bonchev–Trinajstić information content (AvgIpc) is 3.17. The molecule has 4 aromatic rings. The van der Waals surface area contributed by atoms with E-state index in [1.54, 1.807) is 35.3 Å². The van der Waals surface area contributed by atoms with E-state index in [9.17, 15) is 9.59 Å². The maximum absolute atomic E-state index is 12.0. The first-order valence-corrected chi connectivity index (χ1v) is 10.5. The Morgan fingerprint density at radius 2 is 2.23 bits per heavy atom. The van der Waals surface area contributed by atoms with Gasteiger partial charge in [0.05, 0.1) is 16.9 Å². The number of nitrogens with one attached hydrogen (secondary N) is 2. The Kier molecular flexibility index (Phi) is 4.83. The highest BCUT2D eigenvalue weighted by Gasteiger charge is 2.30. The molecule has 1 aliphatic carbocycles. The number of aliphatic carboxylic acids is 1. The largest absolute Gasteiger partial charge is 0.482 e. The molecule has 3 heterocycles. The van der Waals surface area contributed by atoms with Crippen molar-refractivity contribution in [2.45, 2.75) is 12.8 Å². The van der Waals surface area contributed by atoms with Gasteiger partial charge in [0.2, 0.25) is 5.91 Å². The van der Waals surface area contributed by atoms with E-state index in [1.165, 1.54) is 11.3 Å². The summed E-state index contributed by atoms with van der Waals surface area (Å²) in [5, 5.41) is 19.7. The van der Waals surface area contributed by atoms with Gasteiger partial charge >= 0.3 is 5.97 Å². The molecule has 5 rings (SSSR count). The predicted molar refractivity (Wildman–Crippen MR) is 114 cm³/mol. The lowest BCUT2D eigenvalue weighted by Gasteiger charge is -2.09. The molecule has 1 aliphatic rings. The summed E-state index contributed by atoms with van der Waals surface area (Å²) >= 11 is 7.76. The van der Waals surface area contributed by atoms with Crippen molar-refractivity contribution in [3.05, 3.63) is 35.7 Å². The van der Waals surface area contributed by atoms with Crippen LogP contribution in [0.15, 0.2) is 30.7 Å². The van der Waals surface area contributed by atoms with Gasteiger partial charge in [0, 0.05) is 11.5 Å². The number of aromatic nitrogens is 5. The molecule has 0 aliphatic heterocycles. The molecule has 0 atom stereocenters. The zero-order valence-electron chi connectivity index (χ0n) is 15.8. The van der Waals surface area contributed by atoms with Crippen LogP contribution in [0, 0.1) is 5.92 Å². The zero-order chi connectivity index (χ0) is 21.5. The molecular weight excluding hydrogens is 444 g/mol. The van der Waals surface area contributed by atoms with Crippen LogP contribution in [0.4, 0.5) is 5.13 Å². The van der Waals surface area contributed by atoms with Gasteiger partial charge in [-0.15, -0.1) is 0 Å². The fourth-order valence-electron chi connectivity index (χ4n) is 3.08. The second kappa shape index (κ2) is 7.67. The average molecular weight is 459 g/mol. The molecule has 0 radical (unpaired) electrons. The normalized spacial score (nSPS) is 13.5. The zero-order valence-corrected chi connectivity index (χ0v) is 17.4. The van der Waals surface area contributed by atoms with Crippen molar-refractivity contribution in [3.8, 4) is 22.8 Å². The van der Waals surface area contributed by atoms with Crippen LogP contribution in [-0.2, 0) is 9.59 Å². The van der Waals surface area contributed by atoms with E-state index in [1.807, 2.05) is 0 Å². The van der Waals surface area contributed by atoms with Crippen molar-refractivity contribution in [2.75, 3.05) is 11.9 Å². The van der Waals surface area contributed by atoms with Crippen molar-refractivity contribution in [1.82, 2.24) is 24.7 Å². The number of carboxylic acid groups (broad SMARTS) is 1. The number of rotatable bonds is 7. The van der Waals surface area contributed by atoms with Gasteiger partial charge in [-0.05, 0) is 31.0 Å². The Morgan fingerprint density at radius 1 is 1.39 bits per heavy atom. The summed E-state index contributed by atoms with van der Waals surface area (Å²) in [5.41, 5.74) is 1.92. The SMILES string of the molecule is O=C(O)COc1ccc(-c2cncn2-c2n[nH]c3nc(NC(=O)C4CC4)sc23)c(Cl)c1. The summed E-state index contributed by atoms with van der Waals surface area (Å²) in [6, 6.07) is 4.92. The fraction of sp³-hybridized carbons (Fsp3) is 0.211. The third kappa shape index (κ3) is 3.84. The first-order chi connectivity index (χ1) is 15.0. The Hall–Kier alpha value is -3.44. The summed E-state index contributed by atoms with van der Waals surface area (Å²) in [7, 11) is 0. The minimum Gasteiger partial charge on any atom is -0.482 e. The van der Waals surface area contributed by atoms with E-state index < -0.39 is 12.6 Å². The maximum Gasteiger partial charge on any atom is 0.341 e. The van der Waals surface area contributed by atoms with Crippen LogP contribution in [0.5, 0.6) is 5.75 Å². The molecule has 0 bridgehead atoms. The molecule has 3 N–H and O–H groups in total. The van der Waals surface area contributed by atoms with Crippen LogP contribution >= 0.6 is 22.9 Å². The number of nitrogens with zero attached hydrogens (tertiary/aromatic N) is 4. The minimum absolute atomic E-state index is 0.00813. The highest BCUT2D eigenvalue weighted by molar-refractivity contribution is 7.22. The summed E-state index contributed by atoms with van der Waals surface area (Å²) < 4.78 is 7.70. The Bertz CT molecular complexity index is 1310. The molecule has 1 fully saturated rings. The smallest absolute Gasteiger partial charge is 0.341 e. The van der Waals surface area contributed by atoms with Crippen molar-refractivity contribution in [2.24, 2.45) is 5.92 Å². The lowest BCUT2D eigenvalue weighted by Crippen LogP contribution is -2.12. The van der Waals surface area contributed by atoms with Gasteiger partial charge in [-0.2, -0.15) is 5.10 Å². The number of carbonyl (C=O) groups excluding carboxylic acids is 1. The van der Waals surface area contributed by atoms with Crippen LogP contribution in [0.3, 0.4) is 0 Å². The van der Waals surface area contributed by atoms with Crippen LogP contribution in [0.25, 0.3) is 27.4 Å². The lowest BCUT2D eigenvalue weighted by atomic mass is 10.1. The minimum atomic E-state index is -1.07. The monoisotopic (exact) mass is 458 g/mol. The maximum atomic E-state index is 12.0. The van der Waals surface area contributed by atoms with Crippen LogP contribution in [0.2, 0.25) is 5.02 Å². The number of benzene rings is 1. The van der Waals surface area contributed by atoms with Crippen LogP contribution in [0.1, 0.15) is 12.8 Å². The predicted octanol–water partition coefficient (Wildman–Crippen LogP) is 3.34. The number of hydrogen-bond donors (Lipinski definition) is 3. The molecular formula is C19H15ClN6O4S. The number of ether oxygens (including phenoxy) is 1. The molecule has 31 heavy (non-hydrogen) atoms. The molecule has 0 saturated heterocycles. The van der Waals surface area contributed by atoms with E-state index in [0.29, 0.717) is 38.6 Å². The molecule has 1 amide bonds. The Morgan fingerprint density at radius 3 is 2.97 bits per heavy atom. The highest BCUT2D eigenvalue weighted by atomic mass is 35.5. The molecule has 0 unspecified atom stereocenters. The van der Waals surface area contributed by atoms with Crippen molar-refractivity contribution in [1.29, 1.82) is 0 Å². The third-order valence-electron chi connectivity index (χ3n) is 4.72. The second-order valence-electron chi connectivity index (χ2n) is 6.98. The number of carbonyl (C=O) groups is 2. The van der Waals surface area contributed by atoms with E-state index in [2.05, 4.69) is 25.5 Å². The van der Waals surface area contributed by atoms with Crippen LogP contribution in [-0.4, -0.2) is 48.3 Å². The number of fused-ring (bicyclic) bond motifs is 1. The van der Waals surface area contributed by atoms with Gasteiger partial charge in [-0.3, -0.25) is 14.5 Å². The molecule has 0 spiro atoms. The van der Waals surface area contributed by atoms with Crippen molar-refractivity contribution < 1.29 is 19.4 Å². The molecule has 158 valence electrons. The van der Waals surface area contributed by atoms with Gasteiger partial charge in [0.25, 0.3) is 0 Å². The third-order valence-corrected chi connectivity index (χ3v) is 6.00. The summed E-state index contributed by atoms with van der Waals surface area (Å²) in [6.07, 6.45) is 5.09. The quantitative estimate of drug-likeness (QED) is 0.386. The van der Waals surface area contributed by atoms with Gasteiger partial charge in [-0.25, -0.2) is 14.8 Å². The van der Waals surface area contributed by atoms with E-state index in [-0.39, 0.29) is 11.8 Å².